The number of rotatable bonds is 8. The van der Waals surface area contributed by atoms with Gasteiger partial charge in [0.2, 0.25) is 0 Å². The molecular formula is C18H21ClO2. The largest absolute Gasteiger partial charge is 0.497 e. The van der Waals surface area contributed by atoms with E-state index in [0.29, 0.717) is 18.4 Å². The van der Waals surface area contributed by atoms with Crippen LogP contribution < -0.4 is 9.47 Å². The Bertz CT molecular complexity index is 511. The number of halogens is 1. The summed E-state index contributed by atoms with van der Waals surface area (Å²) in [7, 11) is 1.66. The van der Waals surface area contributed by atoms with Crippen molar-refractivity contribution in [2.45, 2.75) is 12.8 Å². The maximum absolute atomic E-state index is 6.07. The lowest BCUT2D eigenvalue weighted by molar-refractivity contribution is 0.284. The Kier molecular flexibility index (Phi) is 6.42. The highest BCUT2D eigenvalue weighted by molar-refractivity contribution is 6.18. The quantitative estimate of drug-likeness (QED) is 0.666. The van der Waals surface area contributed by atoms with Gasteiger partial charge in [0.15, 0.2) is 0 Å². The Morgan fingerprint density at radius 2 is 1.62 bits per heavy atom. The molecule has 0 aliphatic heterocycles. The van der Waals surface area contributed by atoms with Gasteiger partial charge in [-0.1, -0.05) is 30.3 Å². The Labute approximate surface area is 131 Å². The zero-order chi connectivity index (χ0) is 14.9. The number of benzene rings is 2. The average Bonchev–Trinajstić information content (AvgIpc) is 2.55. The Hall–Kier alpha value is -1.67. The van der Waals surface area contributed by atoms with Crippen molar-refractivity contribution in [1.29, 1.82) is 0 Å². The number of hydrogen-bond acceptors (Lipinski definition) is 2. The molecule has 2 rings (SSSR count). The number of hydrogen-bond donors (Lipinski definition) is 0. The molecule has 0 radical (unpaired) electrons. The topological polar surface area (TPSA) is 18.5 Å². The standard InChI is InChI=1S/C18H21ClO2/c1-20-17-7-9-18(10-8-17)21-12-11-16(14-19)13-15-5-3-2-4-6-15/h2-10,16H,11-14H2,1H3. The highest BCUT2D eigenvalue weighted by Gasteiger charge is 2.09. The molecule has 0 fully saturated rings. The summed E-state index contributed by atoms with van der Waals surface area (Å²) in [5.74, 6) is 2.79. The number of ether oxygens (including phenoxy) is 2. The predicted octanol–water partition coefficient (Wildman–Crippen LogP) is 4.56. The zero-order valence-corrected chi connectivity index (χ0v) is 13.1. The summed E-state index contributed by atoms with van der Waals surface area (Å²) in [5.41, 5.74) is 1.33. The van der Waals surface area contributed by atoms with Gasteiger partial charge in [-0.05, 0) is 48.6 Å². The van der Waals surface area contributed by atoms with Crippen molar-refractivity contribution >= 4 is 11.6 Å². The van der Waals surface area contributed by atoms with Gasteiger partial charge in [-0.2, -0.15) is 0 Å². The molecule has 0 bridgehead atoms. The van der Waals surface area contributed by atoms with E-state index in [1.165, 1.54) is 5.56 Å². The molecule has 0 spiro atoms. The molecule has 0 aliphatic rings. The molecule has 0 N–H and O–H groups in total. The van der Waals surface area contributed by atoms with E-state index < -0.39 is 0 Å². The smallest absolute Gasteiger partial charge is 0.119 e. The second kappa shape index (κ2) is 8.58. The zero-order valence-electron chi connectivity index (χ0n) is 12.3. The van der Waals surface area contributed by atoms with Gasteiger partial charge < -0.3 is 9.47 Å². The minimum absolute atomic E-state index is 0.437. The summed E-state index contributed by atoms with van der Waals surface area (Å²) in [6.45, 7) is 0.677. The van der Waals surface area contributed by atoms with Crippen LogP contribution in [0, 0.1) is 5.92 Å². The molecule has 0 saturated carbocycles. The molecule has 1 atom stereocenters. The van der Waals surface area contributed by atoms with Gasteiger partial charge in [-0.3, -0.25) is 0 Å². The van der Waals surface area contributed by atoms with E-state index in [1.807, 2.05) is 30.3 Å². The maximum atomic E-state index is 6.07. The molecule has 0 amide bonds. The third kappa shape index (κ3) is 5.31. The molecule has 2 aromatic rings. The second-order valence-electron chi connectivity index (χ2n) is 5.02. The van der Waals surface area contributed by atoms with Crippen molar-refractivity contribution in [1.82, 2.24) is 0 Å². The summed E-state index contributed by atoms with van der Waals surface area (Å²) in [4.78, 5) is 0. The van der Waals surface area contributed by atoms with Crippen molar-refractivity contribution in [3.05, 3.63) is 60.2 Å². The van der Waals surface area contributed by atoms with Crippen LogP contribution in [-0.2, 0) is 6.42 Å². The van der Waals surface area contributed by atoms with Gasteiger partial charge in [-0.25, -0.2) is 0 Å². The molecular weight excluding hydrogens is 284 g/mol. The molecule has 112 valence electrons. The van der Waals surface area contributed by atoms with Crippen molar-refractivity contribution < 1.29 is 9.47 Å². The first-order valence-electron chi connectivity index (χ1n) is 7.18. The van der Waals surface area contributed by atoms with Gasteiger partial charge in [0.25, 0.3) is 0 Å². The van der Waals surface area contributed by atoms with Crippen LogP contribution in [0.25, 0.3) is 0 Å². The van der Waals surface area contributed by atoms with Gasteiger partial charge in [0.1, 0.15) is 11.5 Å². The van der Waals surface area contributed by atoms with Crippen molar-refractivity contribution in [2.24, 2.45) is 5.92 Å². The van der Waals surface area contributed by atoms with Crippen LogP contribution in [-0.4, -0.2) is 19.6 Å². The first kappa shape index (κ1) is 15.7. The van der Waals surface area contributed by atoms with E-state index in [9.17, 15) is 0 Å². The van der Waals surface area contributed by atoms with Crippen molar-refractivity contribution in [2.75, 3.05) is 19.6 Å². The van der Waals surface area contributed by atoms with Crippen LogP contribution in [0.3, 0.4) is 0 Å². The molecule has 21 heavy (non-hydrogen) atoms. The van der Waals surface area contributed by atoms with Gasteiger partial charge >= 0.3 is 0 Å². The lowest BCUT2D eigenvalue weighted by Gasteiger charge is -2.14. The van der Waals surface area contributed by atoms with Crippen LogP contribution in [0.5, 0.6) is 11.5 Å². The van der Waals surface area contributed by atoms with Crippen molar-refractivity contribution in [3.8, 4) is 11.5 Å². The average molecular weight is 305 g/mol. The monoisotopic (exact) mass is 304 g/mol. The number of methoxy groups -OCH3 is 1. The molecule has 0 heterocycles. The Morgan fingerprint density at radius 3 is 2.24 bits per heavy atom. The summed E-state index contributed by atoms with van der Waals surface area (Å²) >= 11 is 6.07. The van der Waals surface area contributed by atoms with E-state index in [-0.39, 0.29) is 0 Å². The highest BCUT2D eigenvalue weighted by atomic mass is 35.5. The lowest BCUT2D eigenvalue weighted by atomic mass is 9.98. The SMILES string of the molecule is COc1ccc(OCCC(CCl)Cc2ccccc2)cc1. The van der Waals surface area contributed by atoms with E-state index in [1.54, 1.807) is 7.11 Å². The molecule has 2 aromatic carbocycles. The Morgan fingerprint density at radius 1 is 0.952 bits per heavy atom. The maximum Gasteiger partial charge on any atom is 0.119 e. The Balaban J connectivity index is 1.77. The molecule has 0 aliphatic carbocycles. The summed E-state index contributed by atoms with van der Waals surface area (Å²) in [5, 5.41) is 0. The van der Waals surface area contributed by atoms with Crippen LogP contribution in [0.1, 0.15) is 12.0 Å². The third-order valence-electron chi connectivity index (χ3n) is 3.44. The van der Waals surface area contributed by atoms with E-state index >= 15 is 0 Å². The number of alkyl halides is 1. The van der Waals surface area contributed by atoms with E-state index in [0.717, 1.165) is 24.3 Å². The van der Waals surface area contributed by atoms with Crippen LogP contribution in [0.4, 0.5) is 0 Å². The molecule has 0 saturated heterocycles. The third-order valence-corrected chi connectivity index (χ3v) is 3.88. The van der Waals surface area contributed by atoms with Crippen LogP contribution in [0.15, 0.2) is 54.6 Å². The predicted molar refractivity (Wildman–Crippen MR) is 87.5 cm³/mol. The van der Waals surface area contributed by atoms with Crippen LogP contribution in [0.2, 0.25) is 0 Å². The van der Waals surface area contributed by atoms with Gasteiger partial charge in [0.05, 0.1) is 13.7 Å². The highest BCUT2D eigenvalue weighted by Crippen LogP contribution is 2.19. The van der Waals surface area contributed by atoms with Gasteiger partial charge in [0, 0.05) is 5.88 Å². The normalized spacial score (nSPS) is 11.9. The first-order chi connectivity index (χ1) is 10.3. The van der Waals surface area contributed by atoms with Gasteiger partial charge in [-0.15, -0.1) is 11.6 Å². The van der Waals surface area contributed by atoms with E-state index in [2.05, 4.69) is 24.3 Å². The van der Waals surface area contributed by atoms with Crippen LogP contribution >= 0.6 is 11.6 Å². The summed E-state index contributed by atoms with van der Waals surface area (Å²) in [6.07, 6.45) is 1.95. The molecule has 2 nitrogen and oxygen atoms in total. The first-order valence-corrected chi connectivity index (χ1v) is 7.72. The minimum atomic E-state index is 0.437. The fourth-order valence-electron chi connectivity index (χ4n) is 2.20. The molecule has 1 unspecified atom stereocenters. The summed E-state index contributed by atoms with van der Waals surface area (Å²) < 4.78 is 10.9. The fraction of sp³-hybridized carbons (Fsp3) is 0.333. The molecule has 3 heteroatoms. The minimum Gasteiger partial charge on any atom is -0.497 e. The summed E-state index contributed by atoms with van der Waals surface area (Å²) in [6, 6.07) is 18.1. The second-order valence-corrected chi connectivity index (χ2v) is 5.33. The fourth-order valence-corrected chi connectivity index (χ4v) is 2.46. The lowest BCUT2D eigenvalue weighted by Crippen LogP contribution is -2.11. The van der Waals surface area contributed by atoms with Crippen molar-refractivity contribution in [3.63, 3.8) is 0 Å². The molecule has 0 aromatic heterocycles. The van der Waals surface area contributed by atoms with E-state index in [4.69, 9.17) is 21.1 Å².